The zero-order valence-corrected chi connectivity index (χ0v) is 7.77. The van der Waals surface area contributed by atoms with Crippen LogP contribution in [0, 0.1) is 15.9 Å². The number of benzene rings is 1. The lowest BCUT2D eigenvalue weighted by Gasteiger charge is -2.27. The van der Waals surface area contributed by atoms with Gasteiger partial charge in [-0.05, 0) is 6.07 Å². The maximum atomic E-state index is 13.1. The van der Waals surface area contributed by atoms with Crippen LogP contribution in [0.4, 0.5) is 10.1 Å². The van der Waals surface area contributed by atoms with Gasteiger partial charge in [0.1, 0.15) is 11.9 Å². The summed E-state index contributed by atoms with van der Waals surface area (Å²) in [6, 6.07) is 3.55. The summed E-state index contributed by atoms with van der Waals surface area (Å²) in [7, 11) is 0. The van der Waals surface area contributed by atoms with Gasteiger partial charge in [-0.25, -0.2) is 0 Å². The Balaban J connectivity index is 2.13. The number of halogens is 1. The first-order valence-corrected chi connectivity index (χ1v) is 4.48. The second kappa shape index (κ2) is 3.82. The maximum Gasteiger partial charge on any atom is 0.305 e. The highest BCUT2D eigenvalue weighted by Gasteiger charge is 2.20. The molecular formula is C9H9FN2O3. The van der Waals surface area contributed by atoms with E-state index in [0.717, 1.165) is 25.2 Å². The highest BCUT2D eigenvalue weighted by molar-refractivity contribution is 5.38. The Morgan fingerprint density at radius 3 is 2.73 bits per heavy atom. The molecular weight excluding hydrogens is 203 g/mol. The van der Waals surface area contributed by atoms with Crippen molar-refractivity contribution in [3.63, 3.8) is 0 Å². The molecule has 0 atom stereocenters. The minimum absolute atomic E-state index is 0.0332. The van der Waals surface area contributed by atoms with E-state index in [2.05, 4.69) is 5.32 Å². The van der Waals surface area contributed by atoms with Crippen LogP contribution in [0.25, 0.3) is 0 Å². The molecule has 1 aliphatic rings. The second-order valence-corrected chi connectivity index (χ2v) is 3.27. The van der Waals surface area contributed by atoms with Crippen LogP contribution in [0.5, 0.6) is 5.75 Å². The lowest BCUT2D eigenvalue weighted by atomic mass is 10.2. The highest BCUT2D eigenvalue weighted by atomic mass is 19.1. The molecule has 0 unspecified atom stereocenters. The van der Waals surface area contributed by atoms with Gasteiger partial charge in [0.15, 0.2) is 0 Å². The molecule has 0 saturated carbocycles. The zero-order valence-electron chi connectivity index (χ0n) is 7.77. The van der Waals surface area contributed by atoms with Crippen molar-refractivity contribution in [2.45, 2.75) is 6.10 Å². The Bertz CT molecular complexity index is 393. The molecule has 80 valence electrons. The summed E-state index contributed by atoms with van der Waals surface area (Å²) >= 11 is 0. The minimum Gasteiger partial charge on any atom is -0.488 e. The largest absolute Gasteiger partial charge is 0.488 e. The third-order valence-electron chi connectivity index (χ3n) is 2.16. The zero-order chi connectivity index (χ0) is 10.8. The summed E-state index contributed by atoms with van der Waals surface area (Å²) in [5.74, 6) is -0.547. The van der Waals surface area contributed by atoms with Crippen LogP contribution in [0.2, 0.25) is 0 Å². The first kappa shape index (κ1) is 9.85. The number of nitrogens with zero attached hydrogens (tertiary/aromatic N) is 1. The third kappa shape index (κ3) is 2.04. The van der Waals surface area contributed by atoms with Crippen LogP contribution in [-0.2, 0) is 0 Å². The monoisotopic (exact) mass is 212 g/mol. The van der Waals surface area contributed by atoms with E-state index in [0.29, 0.717) is 5.75 Å². The molecule has 0 bridgehead atoms. The summed E-state index contributed by atoms with van der Waals surface area (Å²) in [5, 5.41) is 13.3. The number of nitro groups is 1. The van der Waals surface area contributed by atoms with E-state index < -0.39 is 16.4 Å². The Morgan fingerprint density at radius 1 is 1.53 bits per heavy atom. The Labute approximate surface area is 85.0 Å². The molecule has 1 saturated heterocycles. The lowest BCUT2D eigenvalue weighted by molar-refractivity contribution is -0.387. The van der Waals surface area contributed by atoms with Crippen molar-refractivity contribution >= 4 is 5.69 Å². The SMILES string of the molecule is O=[N+]([O-])c1ccc(OC2CNC2)cc1F. The number of ether oxygens (including phenoxy) is 1. The molecule has 1 aromatic carbocycles. The average Bonchev–Trinajstić information content (AvgIpc) is 2.11. The standard InChI is InChI=1S/C9H9FN2O3/c10-8-3-6(15-7-4-11-5-7)1-2-9(8)12(13)14/h1-3,7,11H,4-5H2. The molecule has 0 radical (unpaired) electrons. The smallest absolute Gasteiger partial charge is 0.305 e. The normalized spacial score (nSPS) is 15.8. The van der Waals surface area contributed by atoms with Crippen LogP contribution < -0.4 is 10.1 Å². The fourth-order valence-corrected chi connectivity index (χ4v) is 1.25. The molecule has 0 amide bonds. The molecule has 1 aliphatic heterocycles. The van der Waals surface area contributed by atoms with E-state index in [1.165, 1.54) is 6.07 Å². The van der Waals surface area contributed by atoms with Gasteiger partial charge in [-0.15, -0.1) is 0 Å². The van der Waals surface area contributed by atoms with E-state index >= 15 is 0 Å². The molecule has 1 fully saturated rings. The molecule has 1 heterocycles. The number of hydrogen-bond donors (Lipinski definition) is 1. The molecule has 5 nitrogen and oxygen atoms in total. The molecule has 0 aliphatic carbocycles. The highest BCUT2D eigenvalue weighted by Crippen LogP contribution is 2.23. The molecule has 6 heteroatoms. The van der Waals surface area contributed by atoms with Crippen LogP contribution in [0.15, 0.2) is 18.2 Å². The quantitative estimate of drug-likeness (QED) is 0.601. The Hall–Kier alpha value is -1.69. The average molecular weight is 212 g/mol. The maximum absolute atomic E-state index is 13.1. The van der Waals surface area contributed by atoms with Crippen molar-refractivity contribution in [2.24, 2.45) is 0 Å². The Kier molecular flexibility index (Phi) is 2.51. The fraction of sp³-hybridized carbons (Fsp3) is 0.333. The van der Waals surface area contributed by atoms with E-state index in [-0.39, 0.29) is 6.10 Å². The van der Waals surface area contributed by atoms with Crippen LogP contribution in [0.3, 0.4) is 0 Å². The third-order valence-corrected chi connectivity index (χ3v) is 2.16. The van der Waals surface area contributed by atoms with E-state index in [9.17, 15) is 14.5 Å². The van der Waals surface area contributed by atoms with Gasteiger partial charge < -0.3 is 10.1 Å². The van der Waals surface area contributed by atoms with E-state index in [4.69, 9.17) is 4.74 Å². The number of nitro benzene ring substituents is 1. The van der Waals surface area contributed by atoms with Crippen LogP contribution >= 0.6 is 0 Å². The fourth-order valence-electron chi connectivity index (χ4n) is 1.25. The lowest BCUT2D eigenvalue weighted by Crippen LogP contribution is -2.50. The molecule has 0 aromatic heterocycles. The first-order valence-electron chi connectivity index (χ1n) is 4.48. The summed E-state index contributed by atoms with van der Waals surface area (Å²) in [6.45, 7) is 1.44. The Morgan fingerprint density at radius 2 is 2.27 bits per heavy atom. The van der Waals surface area contributed by atoms with E-state index in [1.54, 1.807) is 0 Å². The molecule has 0 spiro atoms. The number of rotatable bonds is 3. The van der Waals surface area contributed by atoms with Gasteiger partial charge in [0.2, 0.25) is 5.82 Å². The van der Waals surface area contributed by atoms with Crippen LogP contribution in [0.1, 0.15) is 0 Å². The number of hydrogen-bond acceptors (Lipinski definition) is 4. The molecule has 15 heavy (non-hydrogen) atoms. The van der Waals surface area contributed by atoms with Gasteiger partial charge in [-0.2, -0.15) is 4.39 Å². The van der Waals surface area contributed by atoms with E-state index in [1.807, 2.05) is 0 Å². The van der Waals surface area contributed by atoms with Crippen molar-refractivity contribution in [1.82, 2.24) is 5.32 Å². The predicted molar refractivity (Wildman–Crippen MR) is 50.3 cm³/mol. The molecule has 2 rings (SSSR count). The summed E-state index contributed by atoms with van der Waals surface area (Å²) in [5.41, 5.74) is -0.533. The van der Waals surface area contributed by atoms with Gasteiger partial charge in [-0.3, -0.25) is 10.1 Å². The van der Waals surface area contributed by atoms with Crippen molar-refractivity contribution < 1.29 is 14.1 Å². The molecule has 1 N–H and O–H groups in total. The van der Waals surface area contributed by atoms with Gasteiger partial charge in [0.05, 0.1) is 4.92 Å². The van der Waals surface area contributed by atoms with Crippen molar-refractivity contribution in [2.75, 3.05) is 13.1 Å². The van der Waals surface area contributed by atoms with Crippen molar-refractivity contribution in [1.29, 1.82) is 0 Å². The van der Waals surface area contributed by atoms with Gasteiger partial charge >= 0.3 is 5.69 Å². The molecule has 1 aromatic rings. The topological polar surface area (TPSA) is 64.4 Å². The summed E-state index contributed by atoms with van der Waals surface area (Å²) in [6.07, 6.45) is 0.0332. The number of nitrogens with one attached hydrogen (secondary N) is 1. The summed E-state index contributed by atoms with van der Waals surface area (Å²) in [4.78, 5) is 9.58. The van der Waals surface area contributed by atoms with Gasteiger partial charge in [0.25, 0.3) is 0 Å². The van der Waals surface area contributed by atoms with Crippen molar-refractivity contribution in [3.8, 4) is 5.75 Å². The van der Waals surface area contributed by atoms with Gasteiger partial charge in [0, 0.05) is 25.2 Å². The second-order valence-electron chi connectivity index (χ2n) is 3.27. The predicted octanol–water partition coefficient (Wildman–Crippen LogP) is 1.08. The van der Waals surface area contributed by atoms with Gasteiger partial charge in [-0.1, -0.05) is 0 Å². The summed E-state index contributed by atoms with van der Waals surface area (Å²) < 4.78 is 18.5. The van der Waals surface area contributed by atoms with Crippen molar-refractivity contribution in [3.05, 3.63) is 34.1 Å². The minimum atomic E-state index is -0.871. The van der Waals surface area contributed by atoms with Crippen LogP contribution in [-0.4, -0.2) is 24.1 Å². The first-order chi connectivity index (χ1) is 7.16.